The van der Waals surface area contributed by atoms with Crippen LogP contribution in [-0.4, -0.2) is 26.2 Å². The lowest BCUT2D eigenvalue weighted by molar-refractivity contribution is -0.119. The summed E-state index contributed by atoms with van der Waals surface area (Å²) in [5.41, 5.74) is 0.586. The fourth-order valence-electron chi connectivity index (χ4n) is 1.99. The quantitative estimate of drug-likeness (QED) is 0.834. The van der Waals surface area contributed by atoms with Crippen LogP contribution in [0.4, 0.5) is 5.69 Å². The van der Waals surface area contributed by atoms with Gasteiger partial charge in [-0.2, -0.15) is 0 Å². The number of carbonyl (C=O) groups excluding carboxylic acids is 1. The molecular weight excluding hydrogens is 276 g/mol. The molecule has 3 heterocycles. The standard InChI is InChI=1S/C13H12N4O2S/c18-11-3-6-15-13-17(11)7-9(8-20-13)12(19)16-10-1-4-14-5-2-10/h1-6,9H,7-8H2,(H,14,16,19). The van der Waals surface area contributed by atoms with E-state index in [1.807, 2.05) is 0 Å². The Hall–Kier alpha value is -2.15. The first-order chi connectivity index (χ1) is 9.74. The molecular formula is C13H12N4O2S. The molecule has 0 saturated heterocycles. The van der Waals surface area contributed by atoms with Crippen molar-refractivity contribution in [1.82, 2.24) is 14.5 Å². The second-order valence-corrected chi connectivity index (χ2v) is 5.40. The second-order valence-electron chi connectivity index (χ2n) is 4.41. The Morgan fingerprint density at radius 2 is 2.10 bits per heavy atom. The number of fused-ring (bicyclic) bond motifs is 1. The van der Waals surface area contributed by atoms with Crippen molar-refractivity contribution in [3.63, 3.8) is 0 Å². The van der Waals surface area contributed by atoms with Gasteiger partial charge in [-0.1, -0.05) is 11.8 Å². The highest BCUT2D eigenvalue weighted by Crippen LogP contribution is 2.25. The summed E-state index contributed by atoms with van der Waals surface area (Å²) in [6.45, 7) is 0.367. The average Bonchev–Trinajstić information content (AvgIpc) is 2.48. The average molecular weight is 288 g/mol. The first-order valence-corrected chi connectivity index (χ1v) is 7.12. The maximum atomic E-state index is 12.2. The van der Waals surface area contributed by atoms with Crippen LogP contribution >= 0.6 is 11.8 Å². The third kappa shape index (κ3) is 2.57. The van der Waals surface area contributed by atoms with Crippen LogP contribution in [0.15, 0.2) is 46.7 Å². The maximum absolute atomic E-state index is 12.2. The van der Waals surface area contributed by atoms with Crippen molar-refractivity contribution in [2.24, 2.45) is 5.92 Å². The van der Waals surface area contributed by atoms with E-state index in [9.17, 15) is 9.59 Å². The second kappa shape index (κ2) is 5.46. The van der Waals surface area contributed by atoms with Crippen LogP contribution in [0.5, 0.6) is 0 Å². The van der Waals surface area contributed by atoms with Gasteiger partial charge in [0.1, 0.15) is 0 Å². The summed E-state index contributed by atoms with van der Waals surface area (Å²) in [4.78, 5) is 32.0. The molecule has 1 N–H and O–H groups in total. The molecule has 1 aliphatic rings. The molecule has 0 spiro atoms. The van der Waals surface area contributed by atoms with E-state index >= 15 is 0 Å². The monoisotopic (exact) mass is 288 g/mol. The van der Waals surface area contributed by atoms with Crippen molar-refractivity contribution < 1.29 is 4.79 Å². The van der Waals surface area contributed by atoms with Gasteiger partial charge in [0.05, 0.1) is 5.92 Å². The molecule has 0 aliphatic carbocycles. The highest BCUT2D eigenvalue weighted by Gasteiger charge is 2.26. The number of anilines is 1. The predicted molar refractivity (Wildman–Crippen MR) is 75.6 cm³/mol. The predicted octanol–water partition coefficient (Wildman–Crippen LogP) is 0.999. The molecule has 7 heteroatoms. The first kappa shape index (κ1) is 12.9. The molecule has 1 unspecified atom stereocenters. The Labute approximate surface area is 119 Å². The zero-order chi connectivity index (χ0) is 13.9. The van der Waals surface area contributed by atoms with E-state index in [0.29, 0.717) is 23.1 Å². The van der Waals surface area contributed by atoms with Gasteiger partial charge in [0.25, 0.3) is 5.56 Å². The minimum absolute atomic E-state index is 0.0925. The molecule has 0 saturated carbocycles. The highest BCUT2D eigenvalue weighted by atomic mass is 32.2. The number of hydrogen-bond acceptors (Lipinski definition) is 5. The smallest absolute Gasteiger partial charge is 0.254 e. The summed E-state index contributed by atoms with van der Waals surface area (Å²) in [5.74, 6) is 0.278. The fourth-order valence-corrected chi connectivity index (χ4v) is 3.05. The van der Waals surface area contributed by atoms with Crippen molar-refractivity contribution in [2.75, 3.05) is 11.1 Å². The van der Waals surface area contributed by atoms with Crippen LogP contribution in [0.1, 0.15) is 0 Å². The third-order valence-electron chi connectivity index (χ3n) is 3.03. The van der Waals surface area contributed by atoms with Crippen LogP contribution in [0.2, 0.25) is 0 Å². The van der Waals surface area contributed by atoms with Crippen LogP contribution in [0, 0.1) is 5.92 Å². The molecule has 0 fully saturated rings. The summed E-state index contributed by atoms with van der Waals surface area (Å²) in [5, 5.41) is 3.51. The largest absolute Gasteiger partial charge is 0.326 e. The number of carbonyl (C=O) groups is 1. The molecule has 3 rings (SSSR count). The molecule has 6 nitrogen and oxygen atoms in total. The van der Waals surface area contributed by atoms with Crippen LogP contribution < -0.4 is 10.9 Å². The molecule has 1 atom stereocenters. The molecule has 1 amide bonds. The van der Waals surface area contributed by atoms with Gasteiger partial charge in [0.2, 0.25) is 5.91 Å². The Kier molecular flexibility index (Phi) is 3.51. The lowest BCUT2D eigenvalue weighted by atomic mass is 10.1. The number of thioether (sulfide) groups is 1. The van der Waals surface area contributed by atoms with E-state index in [-0.39, 0.29) is 17.4 Å². The molecule has 1 aliphatic heterocycles. The van der Waals surface area contributed by atoms with E-state index in [2.05, 4.69) is 15.3 Å². The van der Waals surface area contributed by atoms with E-state index in [4.69, 9.17) is 0 Å². The minimum atomic E-state index is -0.248. The normalized spacial score (nSPS) is 17.3. The molecule has 0 aromatic carbocycles. The number of hydrogen-bond donors (Lipinski definition) is 1. The van der Waals surface area contributed by atoms with E-state index in [1.165, 1.54) is 24.0 Å². The van der Waals surface area contributed by atoms with Crippen molar-refractivity contribution in [3.8, 4) is 0 Å². The molecule has 0 radical (unpaired) electrons. The molecule has 102 valence electrons. The highest BCUT2D eigenvalue weighted by molar-refractivity contribution is 7.99. The maximum Gasteiger partial charge on any atom is 0.254 e. The van der Waals surface area contributed by atoms with Crippen molar-refractivity contribution >= 4 is 23.4 Å². The molecule has 2 aromatic rings. The van der Waals surface area contributed by atoms with E-state index in [1.54, 1.807) is 29.1 Å². The van der Waals surface area contributed by atoms with Crippen LogP contribution in [0.3, 0.4) is 0 Å². The summed E-state index contributed by atoms with van der Waals surface area (Å²) in [6.07, 6.45) is 4.74. The van der Waals surface area contributed by atoms with Gasteiger partial charge in [0.15, 0.2) is 5.16 Å². The Bertz CT molecular complexity index is 686. The summed E-state index contributed by atoms with van der Waals surface area (Å²) in [6, 6.07) is 4.87. The number of aromatic nitrogens is 3. The van der Waals surface area contributed by atoms with Gasteiger partial charge in [-0.3, -0.25) is 19.1 Å². The summed E-state index contributed by atoms with van der Waals surface area (Å²) < 4.78 is 1.55. The van der Waals surface area contributed by atoms with Gasteiger partial charge >= 0.3 is 0 Å². The van der Waals surface area contributed by atoms with Gasteiger partial charge in [-0.25, -0.2) is 4.98 Å². The van der Waals surface area contributed by atoms with Crippen LogP contribution in [0.25, 0.3) is 0 Å². The third-order valence-corrected chi connectivity index (χ3v) is 4.19. The molecule has 2 aromatic heterocycles. The van der Waals surface area contributed by atoms with Gasteiger partial charge in [-0.05, 0) is 12.1 Å². The number of nitrogens with zero attached hydrogens (tertiary/aromatic N) is 3. The number of amides is 1. The topological polar surface area (TPSA) is 76.9 Å². The van der Waals surface area contributed by atoms with E-state index in [0.717, 1.165) is 0 Å². The number of nitrogens with one attached hydrogen (secondary N) is 1. The summed E-state index contributed by atoms with van der Waals surface area (Å²) in [7, 11) is 0. The number of pyridine rings is 1. The Morgan fingerprint density at radius 3 is 2.90 bits per heavy atom. The van der Waals surface area contributed by atoms with Crippen molar-refractivity contribution in [3.05, 3.63) is 47.1 Å². The summed E-state index contributed by atoms with van der Waals surface area (Å²) >= 11 is 1.43. The van der Waals surface area contributed by atoms with Crippen molar-refractivity contribution in [2.45, 2.75) is 11.7 Å². The first-order valence-electron chi connectivity index (χ1n) is 6.13. The Balaban J connectivity index is 1.75. The lowest BCUT2D eigenvalue weighted by Gasteiger charge is -2.23. The zero-order valence-corrected chi connectivity index (χ0v) is 11.3. The zero-order valence-electron chi connectivity index (χ0n) is 10.5. The van der Waals surface area contributed by atoms with Crippen LogP contribution in [-0.2, 0) is 11.3 Å². The minimum Gasteiger partial charge on any atom is -0.326 e. The van der Waals surface area contributed by atoms with Gasteiger partial charge in [0, 0.05) is 42.6 Å². The molecule has 0 bridgehead atoms. The van der Waals surface area contributed by atoms with Gasteiger partial charge in [-0.15, -0.1) is 0 Å². The number of rotatable bonds is 2. The van der Waals surface area contributed by atoms with Crippen molar-refractivity contribution in [1.29, 1.82) is 0 Å². The SMILES string of the molecule is O=C(Nc1ccncc1)C1CSc2nccc(=O)n2C1. The molecule has 20 heavy (non-hydrogen) atoms. The lowest BCUT2D eigenvalue weighted by Crippen LogP contribution is -2.36. The van der Waals surface area contributed by atoms with E-state index < -0.39 is 0 Å². The van der Waals surface area contributed by atoms with Gasteiger partial charge < -0.3 is 5.32 Å². The Morgan fingerprint density at radius 1 is 1.30 bits per heavy atom. The fraction of sp³-hybridized carbons (Fsp3) is 0.231.